The Morgan fingerprint density at radius 1 is 1.28 bits per heavy atom. The first kappa shape index (κ1) is 18.6. The third-order valence-electron chi connectivity index (χ3n) is 3.24. The van der Waals surface area contributed by atoms with Crippen LogP contribution in [0.1, 0.15) is 11.1 Å². The zero-order valence-corrected chi connectivity index (χ0v) is 14.7. The Bertz CT molecular complexity index is 868. The second kappa shape index (κ2) is 8.36. The van der Waals surface area contributed by atoms with Crippen LogP contribution in [0.2, 0.25) is 5.02 Å². The average Bonchev–Trinajstić information content (AvgIpc) is 2.55. The van der Waals surface area contributed by atoms with E-state index >= 15 is 0 Å². The number of aryl methyl sites for hydroxylation is 1. The molecule has 0 fully saturated rings. The number of nitrogens with one attached hydrogen (secondary N) is 2. The summed E-state index contributed by atoms with van der Waals surface area (Å²) < 4.78 is 0. The van der Waals surface area contributed by atoms with E-state index in [-0.39, 0.29) is 10.8 Å². The summed E-state index contributed by atoms with van der Waals surface area (Å²) in [6.45, 7) is 1.77. The fourth-order valence-electron chi connectivity index (χ4n) is 1.94. The van der Waals surface area contributed by atoms with Gasteiger partial charge in [0.1, 0.15) is 0 Å². The Labute approximate surface area is 154 Å². The largest absolute Gasteiger partial charge is 0.332 e. The number of hydrogen-bond donors (Lipinski definition) is 2. The Hall–Kier alpha value is -2.77. The van der Waals surface area contributed by atoms with E-state index in [1.165, 1.54) is 18.2 Å². The van der Waals surface area contributed by atoms with Crippen LogP contribution in [0.3, 0.4) is 0 Å². The van der Waals surface area contributed by atoms with Crippen molar-refractivity contribution in [2.24, 2.45) is 0 Å². The van der Waals surface area contributed by atoms with Crippen molar-refractivity contribution < 1.29 is 9.72 Å². The fourth-order valence-corrected chi connectivity index (χ4v) is 2.35. The highest BCUT2D eigenvalue weighted by Gasteiger charge is 2.10. The van der Waals surface area contributed by atoms with E-state index in [1.807, 2.05) is 0 Å². The molecule has 0 saturated heterocycles. The molecule has 0 aliphatic carbocycles. The molecule has 0 atom stereocenters. The van der Waals surface area contributed by atoms with Gasteiger partial charge in [0.2, 0.25) is 5.91 Å². The summed E-state index contributed by atoms with van der Waals surface area (Å²) in [6, 6.07) is 11.4. The van der Waals surface area contributed by atoms with Crippen molar-refractivity contribution in [3.8, 4) is 0 Å². The number of anilines is 1. The molecule has 25 heavy (non-hydrogen) atoms. The second-order valence-corrected chi connectivity index (χ2v) is 5.87. The van der Waals surface area contributed by atoms with Gasteiger partial charge in [-0.3, -0.25) is 20.2 Å². The molecular formula is C17H14ClN3O3S. The lowest BCUT2D eigenvalue weighted by Crippen LogP contribution is -2.33. The molecule has 8 heteroatoms. The number of thiocarbonyl (C=S) groups is 1. The van der Waals surface area contributed by atoms with Gasteiger partial charge in [-0.05, 0) is 42.4 Å². The Kier molecular flexibility index (Phi) is 6.21. The summed E-state index contributed by atoms with van der Waals surface area (Å²) in [5, 5.41) is 16.7. The molecule has 0 aliphatic rings. The van der Waals surface area contributed by atoms with Crippen molar-refractivity contribution in [2.45, 2.75) is 6.92 Å². The van der Waals surface area contributed by atoms with E-state index in [9.17, 15) is 14.9 Å². The Balaban J connectivity index is 2.00. The molecule has 0 spiro atoms. The molecular weight excluding hydrogens is 362 g/mol. The van der Waals surface area contributed by atoms with E-state index in [4.69, 9.17) is 23.8 Å². The molecule has 2 aromatic carbocycles. The van der Waals surface area contributed by atoms with Crippen LogP contribution in [-0.2, 0) is 4.79 Å². The van der Waals surface area contributed by atoms with Crippen LogP contribution < -0.4 is 10.6 Å². The number of carbonyl (C=O) groups is 1. The van der Waals surface area contributed by atoms with Crippen molar-refractivity contribution in [1.82, 2.24) is 5.32 Å². The Morgan fingerprint density at radius 3 is 2.68 bits per heavy atom. The standard InChI is InChI=1S/C17H14ClN3O3S/c1-11-6-8-13(21(23)24)10-15(11)19-17(25)20-16(22)9-7-12-4-2-3-5-14(12)18/h2-10H,1H3,(H2,19,20,22,25)/b9-7+. The van der Waals surface area contributed by atoms with Gasteiger partial charge < -0.3 is 5.32 Å². The maximum Gasteiger partial charge on any atom is 0.271 e. The number of benzene rings is 2. The lowest BCUT2D eigenvalue weighted by atomic mass is 10.2. The molecule has 0 heterocycles. The van der Waals surface area contributed by atoms with Gasteiger partial charge >= 0.3 is 0 Å². The highest BCUT2D eigenvalue weighted by Crippen LogP contribution is 2.21. The molecule has 0 bridgehead atoms. The molecule has 6 nitrogen and oxygen atoms in total. The van der Waals surface area contributed by atoms with Gasteiger partial charge in [0.05, 0.1) is 4.92 Å². The smallest absolute Gasteiger partial charge is 0.271 e. The first-order valence-corrected chi connectivity index (χ1v) is 7.95. The summed E-state index contributed by atoms with van der Waals surface area (Å²) in [5.41, 5.74) is 1.84. The van der Waals surface area contributed by atoms with Gasteiger partial charge in [0.25, 0.3) is 5.69 Å². The highest BCUT2D eigenvalue weighted by molar-refractivity contribution is 7.80. The summed E-state index contributed by atoms with van der Waals surface area (Å²) in [5.74, 6) is -0.444. The molecule has 0 aliphatic heterocycles. The summed E-state index contributed by atoms with van der Waals surface area (Å²) in [4.78, 5) is 22.2. The van der Waals surface area contributed by atoms with Crippen LogP contribution in [0.15, 0.2) is 48.5 Å². The molecule has 128 valence electrons. The van der Waals surface area contributed by atoms with Gasteiger partial charge in [-0.1, -0.05) is 35.9 Å². The van der Waals surface area contributed by atoms with Crippen molar-refractivity contribution in [1.29, 1.82) is 0 Å². The van der Waals surface area contributed by atoms with Crippen LogP contribution in [0.5, 0.6) is 0 Å². The van der Waals surface area contributed by atoms with E-state index in [0.29, 0.717) is 16.3 Å². The molecule has 2 N–H and O–H groups in total. The molecule has 0 unspecified atom stereocenters. The number of nitro benzene ring substituents is 1. The van der Waals surface area contributed by atoms with Gasteiger partial charge in [-0.2, -0.15) is 0 Å². The minimum absolute atomic E-state index is 0.0393. The minimum atomic E-state index is -0.501. The molecule has 2 rings (SSSR count). The summed E-state index contributed by atoms with van der Waals surface area (Å²) in [6.07, 6.45) is 2.87. The van der Waals surface area contributed by atoms with Gasteiger partial charge in [0.15, 0.2) is 5.11 Å². The van der Waals surface area contributed by atoms with Crippen LogP contribution in [0.4, 0.5) is 11.4 Å². The van der Waals surface area contributed by atoms with Crippen LogP contribution >= 0.6 is 23.8 Å². The fraction of sp³-hybridized carbons (Fsp3) is 0.0588. The van der Waals surface area contributed by atoms with E-state index in [1.54, 1.807) is 43.3 Å². The second-order valence-electron chi connectivity index (χ2n) is 5.05. The summed E-state index contributed by atoms with van der Waals surface area (Å²) in [7, 11) is 0. The van der Waals surface area contributed by atoms with Crippen molar-refractivity contribution in [3.63, 3.8) is 0 Å². The Morgan fingerprint density at radius 2 is 2.00 bits per heavy atom. The number of carbonyl (C=O) groups excluding carboxylic acids is 1. The van der Waals surface area contributed by atoms with Crippen molar-refractivity contribution in [3.05, 3.63) is 74.8 Å². The molecule has 0 saturated carbocycles. The van der Waals surface area contributed by atoms with E-state index in [2.05, 4.69) is 10.6 Å². The van der Waals surface area contributed by atoms with E-state index in [0.717, 1.165) is 5.56 Å². The SMILES string of the molecule is Cc1ccc([N+](=O)[O-])cc1NC(=S)NC(=O)/C=C/c1ccccc1Cl. The molecule has 0 aromatic heterocycles. The maximum atomic E-state index is 11.9. The predicted molar refractivity (Wildman–Crippen MR) is 103 cm³/mol. The van der Waals surface area contributed by atoms with Crippen molar-refractivity contribution >= 4 is 52.3 Å². The van der Waals surface area contributed by atoms with Crippen LogP contribution in [0.25, 0.3) is 6.08 Å². The topological polar surface area (TPSA) is 84.3 Å². The van der Waals surface area contributed by atoms with Gasteiger partial charge in [-0.25, -0.2) is 0 Å². The number of nitrogens with zero attached hydrogens (tertiary/aromatic N) is 1. The number of non-ortho nitro benzene ring substituents is 1. The van der Waals surface area contributed by atoms with Crippen LogP contribution in [-0.4, -0.2) is 15.9 Å². The van der Waals surface area contributed by atoms with Gasteiger partial charge in [-0.15, -0.1) is 0 Å². The number of amides is 1. The van der Waals surface area contributed by atoms with Crippen molar-refractivity contribution in [2.75, 3.05) is 5.32 Å². The molecule has 1 amide bonds. The molecule has 0 radical (unpaired) electrons. The number of nitro groups is 1. The number of hydrogen-bond acceptors (Lipinski definition) is 4. The zero-order chi connectivity index (χ0) is 18.4. The average molecular weight is 376 g/mol. The third kappa shape index (κ3) is 5.37. The monoisotopic (exact) mass is 375 g/mol. The van der Waals surface area contributed by atoms with Gasteiger partial charge in [0, 0.05) is 28.9 Å². The minimum Gasteiger partial charge on any atom is -0.332 e. The lowest BCUT2D eigenvalue weighted by Gasteiger charge is -2.10. The highest BCUT2D eigenvalue weighted by atomic mass is 35.5. The lowest BCUT2D eigenvalue weighted by molar-refractivity contribution is -0.384. The predicted octanol–water partition coefficient (Wildman–Crippen LogP) is 4.08. The number of halogens is 1. The third-order valence-corrected chi connectivity index (χ3v) is 3.78. The quantitative estimate of drug-likeness (QED) is 0.364. The zero-order valence-electron chi connectivity index (χ0n) is 13.2. The first-order chi connectivity index (χ1) is 11.9. The van der Waals surface area contributed by atoms with Crippen LogP contribution in [0, 0.1) is 17.0 Å². The summed E-state index contributed by atoms with van der Waals surface area (Å²) >= 11 is 11.1. The normalized spacial score (nSPS) is 10.5. The maximum absolute atomic E-state index is 11.9. The number of rotatable bonds is 4. The van der Waals surface area contributed by atoms with E-state index < -0.39 is 10.8 Å². The molecule has 2 aromatic rings. The first-order valence-electron chi connectivity index (χ1n) is 7.16.